The number of rotatable bonds is 6. The molecule has 6 nitrogen and oxygen atoms in total. The first-order valence-electron chi connectivity index (χ1n) is 8.01. The predicted octanol–water partition coefficient (Wildman–Crippen LogP) is 2.55. The topological polar surface area (TPSA) is 84.5 Å². The number of benzene rings is 2. The van der Waals surface area contributed by atoms with E-state index in [1.807, 2.05) is 31.2 Å². The molecule has 0 aliphatic carbocycles. The molecular weight excluding hydrogens is 332 g/mol. The molecule has 2 rings (SSSR count). The van der Waals surface area contributed by atoms with E-state index in [2.05, 4.69) is 10.6 Å². The van der Waals surface area contributed by atoms with Gasteiger partial charge in [0.05, 0.1) is 0 Å². The molecule has 0 saturated heterocycles. The molecule has 0 aliphatic heterocycles. The molecule has 0 saturated carbocycles. The van der Waals surface area contributed by atoms with Gasteiger partial charge in [-0.2, -0.15) is 0 Å². The summed E-state index contributed by atoms with van der Waals surface area (Å²) in [6.07, 6.45) is 2.90. The molecule has 2 aromatic rings. The summed E-state index contributed by atoms with van der Waals surface area (Å²) in [4.78, 5) is 34.9. The predicted molar refractivity (Wildman–Crippen MR) is 99.6 cm³/mol. The highest BCUT2D eigenvalue weighted by Gasteiger charge is 2.07. The summed E-state index contributed by atoms with van der Waals surface area (Å²) in [5.74, 6) is -1.28. The van der Waals surface area contributed by atoms with E-state index >= 15 is 0 Å². The minimum absolute atomic E-state index is 0.211. The Morgan fingerprint density at radius 1 is 1.00 bits per heavy atom. The smallest absolute Gasteiger partial charge is 0.331 e. The van der Waals surface area contributed by atoms with Crippen LogP contribution in [0.4, 0.5) is 5.69 Å². The van der Waals surface area contributed by atoms with E-state index in [9.17, 15) is 14.4 Å². The highest BCUT2D eigenvalue weighted by Crippen LogP contribution is 2.09. The molecule has 26 heavy (non-hydrogen) atoms. The first-order chi connectivity index (χ1) is 12.5. The van der Waals surface area contributed by atoms with Gasteiger partial charge >= 0.3 is 5.97 Å². The fourth-order valence-corrected chi connectivity index (χ4v) is 2.07. The van der Waals surface area contributed by atoms with Crippen LogP contribution in [0.1, 0.15) is 21.5 Å². The van der Waals surface area contributed by atoms with E-state index in [0.29, 0.717) is 11.3 Å². The number of hydrogen-bond donors (Lipinski definition) is 2. The zero-order chi connectivity index (χ0) is 18.9. The van der Waals surface area contributed by atoms with Crippen LogP contribution in [0.5, 0.6) is 0 Å². The number of amides is 2. The average Bonchev–Trinajstić information content (AvgIpc) is 2.66. The summed E-state index contributed by atoms with van der Waals surface area (Å²) >= 11 is 0. The van der Waals surface area contributed by atoms with Crippen LogP contribution in [-0.4, -0.2) is 31.4 Å². The minimum atomic E-state index is -0.601. The van der Waals surface area contributed by atoms with Crippen LogP contribution in [0.15, 0.2) is 54.6 Å². The largest absolute Gasteiger partial charge is 0.452 e. The number of carbonyl (C=O) groups is 3. The van der Waals surface area contributed by atoms with Crippen molar-refractivity contribution in [2.24, 2.45) is 0 Å². The van der Waals surface area contributed by atoms with Gasteiger partial charge in [0, 0.05) is 24.4 Å². The van der Waals surface area contributed by atoms with Crippen molar-refractivity contribution >= 4 is 29.5 Å². The van der Waals surface area contributed by atoms with Crippen molar-refractivity contribution in [2.75, 3.05) is 19.0 Å². The number of carbonyl (C=O) groups excluding carboxylic acids is 3. The second-order valence-corrected chi connectivity index (χ2v) is 5.56. The van der Waals surface area contributed by atoms with E-state index in [0.717, 1.165) is 11.1 Å². The van der Waals surface area contributed by atoms with Gasteiger partial charge in [-0.25, -0.2) is 4.79 Å². The van der Waals surface area contributed by atoms with Crippen molar-refractivity contribution in [3.8, 4) is 0 Å². The lowest BCUT2D eigenvalue weighted by Crippen LogP contribution is -2.20. The van der Waals surface area contributed by atoms with Gasteiger partial charge in [0.25, 0.3) is 11.8 Å². The molecule has 0 radical (unpaired) electrons. The van der Waals surface area contributed by atoms with Crippen molar-refractivity contribution in [3.63, 3.8) is 0 Å². The van der Waals surface area contributed by atoms with E-state index < -0.39 is 18.5 Å². The Labute approximate surface area is 151 Å². The molecular formula is C20H20N2O4. The van der Waals surface area contributed by atoms with Crippen LogP contribution in [0, 0.1) is 6.92 Å². The fraction of sp³-hybridized carbons (Fsp3) is 0.150. The Morgan fingerprint density at radius 3 is 2.27 bits per heavy atom. The Bertz CT molecular complexity index is 809. The van der Waals surface area contributed by atoms with Crippen molar-refractivity contribution in [2.45, 2.75) is 6.92 Å². The normalized spacial score (nSPS) is 10.4. The molecule has 0 aromatic heterocycles. The van der Waals surface area contributed by atoms with Crippen LogP contribution in [-0.2, 0) is 14.3 Å². The van der Waals surface area contributed by atoms with Crippen LogP contribution >= 0.6 is 0 Å². The van der Waals surface area contributed by atoms with E-state index in [1.165, 1.54) is 6.08 Å². The minimum Gasteiger partial charge on any atom is -0.452 e. The molecule has 6 heteroatoms. The lowest BCUT2D eigenvalue weighted by Gasteiger charge is -2.06. The van der Waals surface area contributed by atoms with Gasteiger partial charge in [-0.1, -0.05) is 29.8 Å². The third kappa shape index (κ3) is 5.90. The standard InChI is InChI=1S/C20H20N2O4/c1-14-3-5-15(6-4-14)7-12-19(24)26-13-18(23)22-17-10-8-16(9-11-17)20(25)21-2/h3-12H,13H2,1-2H3,(H,21,25)(H,22,23)/b12-7+. The lowest BCUT2D eigenvalue weighted by molar-refractivity contribution is -0.142. The number of aryl methyl sites for hydroxylation is 1. The Kier molecular flexibility index (Phi) is 6.68. The molecule has 0 heterocycles. The van der Waals surface area contributed by atoms with Gasteiger partial charge in [0.2, 0.25) is 0 Å². The second kappa shape index (κ2) is 9.17. The lowest BCUT2D eigenvalue weighted by atomic mass is 10.1. The molecule has 0 bridgehead atoms. The monoisotopic (exact) mass is 352 g/mol. The molecule has 0 fully saturated rings. The van der Waals surface area contributed by atoms with Gasteiger partial charge < -0.3 is 15.4 Å². The number of ether oxygens (including phenoxy) is 1. The van der Waals surface area contributed by atoms with Gasteiger partial charge in [-0.15, -0.1) is 0 Å². The quantitative estimate of drug-likeness (QED) is 0.618. The molecule has 134 valence electrons. The van der Waals surface area contributed by atoms with Gasteiger partial charge in [0.1, 0.15) is 0 Å². The SMILES string of the molecule is CNC(=O)c1ccc(NC(=O)COC(=O)/C=C/c2ccc(C)cc2)cc1. The average molecular weight is 352 g/mol. The summed E-state index contributed by atoms with van der Waals surface area (Å²) in [7, 11) is 1.54. The highest BCUT2D eigenvalue weighted by molar-refractivity contribution is 5.96. The number of anilines is 1. The number of esters is 1. The zero-order valence-corrected chi connectivity index (χ0v) is 14.6. The summed E-state index contributed by atoms with van der Waals surface area (Å²) in [6, 6.07) is 14.0. The van der Waals surface area contributed by atoms with Gasteiger partial charge in [0.15, 0.2) is 6.61 Å². The van der Waals surface area contributed by atoms with Gasteiger partial charge in [-0.3, -0.25) is 9.59 Å². The van der Waals surface area contributed by atoms with Crippen molar-refractivity contribution in [1.29, 1.82) is 0 Å². The zero-order valence-electron chi connectivity index (χ0n) is 14.6. The summed E-state index contributed by atoms with van der Waals surface area (Å²) in [5.41, 5.74) is 2.99. The second-order valence-electron chi connectivity index (χ2n) is 5.56. The Morgan fingerprint density at radius 2 is 1.65 bits per heavy atom. The fourth-order valence-electron chi connectivity index (χ4n) is 2.07. The molecule has 0 spiro atoms. The van der Waals surface area contributed by atoms with Crippen LogP contribution < -0.4 is 10.6 Å². The molecule has 0 atom stereocenters. The first-order valence-corrected chi connectivity index (χ1v) is 8.01. The number of nitrogens with one attached hydrogen (secondary N) is 2. The number of hydrogen-bond acceptors (Lipinski definition) is 4. The highest BCUT2D eigenvalue weighted by atomic mass is 16.5. The molecule has 2 aromatic carbocycles. The van der Waals surface area contributed by atoms with Crippen LogP contribution in [0.2, 0.25) is 0 Å². The van der Waals surface area contributed by atoms with Gasteiger partial charge in [-0.05, 0) is 42.8 Å². The molecule has 2 N–H and O–H groups in total. The summed E-state index contributed by atoms with van der Waals surface area (Å²) < 4.78 is 4.90. The molecule has 0 unspecified atom stereocenters. The van der Waals surface area contributed by atoms with Crippen molar-refractivity contribution < 1.29 is 19.1 Å². The third-order valence-corrected chi connectivity index (χ3v) is 3.49. The first kappa shape index (κ1) is 18.9. The Balaban J connectivity index is 1.79. The molecule has 0 aliphatic rings. The van der Waals surface area contributed by atoms with Crippen molar-refractivity contribution in [3.05, 3.63) is 71.3 Å². The van der Waals surface area contributed by atoms with E-state index in [4.69, 9.17) is 4.74 Å². The van der Waals surface area contributed by atoms with E-state index in [-0.39, 0.29) is 5.91 Å². The Hall–Kier alpha value is -3.41. The maximum Gasteiger partial charge on any atom is 0.331 e. The third-order valence-electron chi connectivity index (χ3n) is 3.49. The summed E-state index contributed by atoms with van der Waals surface area (Å²) in [6.45, 7) is 1.58. The molecule has 2 amide bonds. The maximum atomic E-state index is 11.8. The maximum absolute atomic E-state index is 11.8. The van der Waals surface area contributed by atoms with Crippen LogP contribution in [0.3, 0.4) is 0 Å². The van der Waals surface area contributed by atoms with E-state index in [1.54, 1.807) is 37.4 Å². The summed E-state index contributed by atoms with van der Waals surface area (Å²) in [5, 5.41) is 5.10. The van der Waals surface area contributed by atoms with Crippen molar-refractivity contribution in [1.82, 2.24) is 5.32 Å². The van der Waals surface area contributed by atoms with Crippen LogP contribution in [0.25, 0.3) is 6.08 Å².